The molecule has 0 aromatic carbocycles. The summed E-state index contributed by atoms with van der Waals surface area (Å²) in [5.41, 5.74) is 2.03. The predicted molar refractivity (Wildman–Crippen MR) is 96.5 cm³/mol. The Labute approximate surface area is 151 Å². The summed E-state index contributed by atoms with van der Waals surface area (Å²) < 4.78 is 0. The number of aryl methyl sites for hydroxylation is 1. The maximum atomic E-state index is 12.4. The lowest BCUT2D eigenvalue weighted by atomic mass is 9.89. The average Bonchev–Trinajstić information content (AvgIpc) is 2.64. The molecule has 2 aromatic heterocycles. The van der Waals surface area contributed by atoms with Crippen LogP contribution in [-0.2, 0) is 0 Å². The molecule has 7 heteroatoms. The molecular weight excluding hydrogens is 340 g/mol. The lowest BCUT2D eigenvalue weighted by Crippen LogP contribution is -2.42. The van der Waals surface area contributed by atoms with Crippen LogP contribution in [-0.4, -0.2) is 39.1 Å². The number of carbonyl (C=O) groups excluding carboxylic acids is 1. The highest BCUT2D eigenvalue weighted by Crippen LogP contribution is 2.30. The minimum atomic E-state index is -0.589. The topological polar surface area (TPSA) is 78.4 Å². The van der Waals surface area contributed by atoms with Crippen LogP contribution >= 0.6 is 11.6 Å². The second-order valence-corrected chi connectivity index (χ2v) is 6.61. The normalized spacial score (nSPS) is 16.5. The maximum Gasteiger partial charge on any atom is 0.321 e. The molecule has 1 atom stereocenters. The quantitative estimate of drug-likeness (QED) is 0.822. The molecule has 0 radical (unpaired) electrons. The Morgan fingerprint density at radius 3 is 2.72 bits per heavy atom. The zero-order valence-electron chi connectivity index (χ0n) is 14.0. The van der Waals surface area contributed by atoms with Gasteiger partial charge in [-0.25, -0.2) is 9.78 Å². The van der Waals surface area contributed by atoms with Gasteiger partial charge in [-0.2, -0.15) is 0 Å². The number of urea groups is 1. The Morgan fingerprint density at radius 2 is 2.08 bits per heavy atom. The summed E-state index contributed by atoms with van der Waals surface area (Å²) >= 11 is 5.84. The molecule has 1 aliphatic rings. The third-order valence-electron chi connectivity index (χ3n) is 4.56. The number of halogens is 1. The van der Waals surface area contributed by atoms with E-state index >= 15 is 0 Å². The van der Waals surface area contributed by atoms with Crippen molar-refractivity contribution in [3.8, 4) is 0 Å². The summed E-state index contributed by atoms with van der Waals surface area (Å²) in [6.07, 6.45) is 2.57. The van der Waals surface area contributed by atoms with Crippen LogP contribution in [0.1, 0.15) is 30.3 Å². The van der Waals surface area contributed by atoms with Crippen molar-refractivity contribution in [2.24, 2.45) is 5.92 Å². The van der Waals surface area contributed by atoms with E-state index in [0.717, 1.165) is 12.8 Å². The van der Waals surface area contributed by atoms with Crippen LogP contribution in [0, 0.1) is 12.8 Å². The standard InChI is InChI=1S/C18H21ClN4O2/c1-12-14(5-6-16(19)21-12)22-18(25)23-10-7-13(8-11-23)17(24)15-4-2-3-9-20-15/h2-6,9,13,17,24H,7-8,10-11H2,1H3,(H,22,25). The first-order valence-electron chi connectivity index (χ1n) is 8.32. The number of hydrogen-bond donors (Lipinski definition) is 2. The fourth-order valence-electron chi connectivity index (χ4n) is 3.07. The van der Waals surface area contributed by atoms with Crippen molar-refractivity contribution < 1.29 is 9.90 Å². The third-order valence-corrected chi connectivity index (χ3v) is 4.77. The number of anilines is 1. The Hall–Kier alpha value is -2.18. The van der Waals surface area contributed by atoms with E-state index in [4.69, 9.17) is 11.6 Å². The second kappa shape index (κ2) is 7.80. The molecule has 1 unspecified atom stereocenters. The second-order valence-electron chi connectivity index (χ2n) is 6.22. The molecular formula is C18H21ClN4O2. The number of aliphatic hydroxyl groups excluding tert-OH is 1. The molecule has 132 valence electrons. The molecule has 2 aromatic rings. The van der Waals surface area contributed by atoms with Gasteiger partial charge in [0.05, 0.1) is 23.2 Å². The maximum absolute atomic E-state index is 12.4. The Balaban J connectivity index is 1.55. The number of rotatable bonds is 3. The van der Waals surface area contributed by atoms with E-state index in [2.05, 4.69) is 15.3 Å². The van der Waals surface area contributed by atoms with Crippen molar-refractivity contribution >= 4 is 23.3 Å². The number of hydrogen-bond acceptors (Lipinski definition) is 4. The van der Waals surface area contributed by atoms with Gasteiger partial charge in [0.1, 0.15) is 5.15 Å². The number of nitrogens with one attached hydrogen (secondary N) is 1. The zero-order valence-corrected chi connectivity index (χ0v) is 14.8. The summed E-state index contributed by atoms with van der Waals surface area (Å²) in [6, 6.07) is 8.78. The molecule has 0 spiro atoms. The fraction of sp³-hybridized carbons (Fsp3) is 0.389. The molecule has 25 heavy (non-hydrogen) atoms. The Morgan fingerprint density at radius 1 is 1.32 bits per heavy atom. The van der Waals surface area contributed by atoms with Crippen molar-refractivity contribution in [2.75, 3.05) is 18.4 Å². The first kappa shape index (κ1) is 17.6. The number of aliphatic hydroxyl groups is 1. The number of likely N-dealkylation sites (tertiary alicyclic amines) is 1. The van der Waals surface area contributed by atoms with E-state index in [1.54, 1.807) is 30.2 Å². The lowest BCUT2D eigenvalue weighted by molar-refractivity contribution is 0.0652. The van der Waals surface area contributed by atoms with E-state index in [9.17, 15) is 9.90 Å². The third kappa shape index (κ3) is 4.27. The van der Waals surface area contributed by atoms with Crippen LogP contribution in [0.25, 0.3) is 0 Å². The van der Waals surface area contributed by atoms with Gasteiger partial charge in [0.25, 0.3) is 0 Å². The smallest absolute Gasteiger partial charge is 0.321 e. The molecule has 6 nitrogen and oxygen atoms in total. The number of carbonyl (C=O) groups is 1. The van der Waals surface area contributed by atoms with Crippen molar-refractivity contribution in [2.45, 2.75) is 25.9 Å². The first-order chi connectivity index (χ1) is 12.0. The Bertz CT molecular complexity index is 733. The van der Waals surface area contributed by atoms with Crippen molar-refractivity contribution in [3.05, 3.63) is 53.1 Å². The molecule has 3 heterocycles. The fourth-order valence-corrected chi connectivity index (χ4v) is 3.26. The van der Waals surface area contributed by atoms with Gasteiger partial charge in [-0.1, -0.05) is 17.7 Å². The summed E-state index contributed by atoms with van der Waals surface area (Å²) in [4.78, 5) is 22.5. The van der Waals surface area contributed by atoms with Gasteiger partial charge in [0.15, 0.2) is 0 Å². The largest absolute Gasteiger partial charge is 0.387 e. The van der Waals surface area contributed by atoms with Crippen molar-refractivity contribution in [1.82, 2.24) is 14.9 Å². The van der Waals surface area contributed by atoms with Crippen LogP contribution in [0.2, 0.25) is 5.15 Å². The van der Waals surface area contributed by atoms with E-state index in [1.165, 1.54) is 0 Å². The van der Waals surface area contributed by atoms with Crippen LogP contribution < -0.4 is 5.32 Å². The van der Waals surface area contributed by atoms with Gasteiger partial charge in [-0.15, -0.1) is 0 Å². The van der Waals surface area contributed by atoms with Crippen LogP contribution in [0.4, 0.5) is 10.5 Å². The molecule has 1 aliphatic heterocycles. The molecule has 0 aliphatic carbocycles. The van der Waals surface area contributed by atoms with Crippen LogP contribution in [0.5, 0.6) is 0 Å². The highest BCUT2D eigenvalue weighted by molar-refractivity contribution is 6.29. The zero-order chi connectivity index (χ0) is 17.8. The predicted octanol–water partition coefficient (Wildman–Crippen LogP) is 3.42. The summed E-state index contributed by atoms with van der Waals surface area (Å²) in [6.45, 7) is 3.00. The molecule has 1 fully saturated rings. The Kier molecular flexibility index (Phi) is 5.50. The van der Waals surface area contributed by atoms with Gasteiger partial charge in [0.2, 0.25) is 0 Å². The number of pyridine rings is 2. The minimum absolute atomic E-state index is 0.109. The van der Waals surface area contributed by atoms with Gasteiger partial charge in [-0.05, 0) is 49.9 Å². The summed E-state index contributed by atoms with van der Waals surface area (Å²) in [5.74, 6) is 0.109. The van der Waals surface area contributed by atoms with Crippen molar-refractivity contribution in [3.63, 3.8) is 0 Å². The van der Waals surface area contributed by atoms with Crippen LogP contribution in [0.3, 0.4) is 0 Å². The van der Waals surface area contributed by atoms with Gasteiger partial charge < -0.3 is 15.3 Å². The van der Waals surface area contributed by atoms with E-state index < -0.39 is 6.10 Å². The number of piperidine rings is 1. The molecule has 3 rings (SSSR count). The SMILES string of the molecule is Cc1nc(Cl)ccc1NC(=O)N1CCC(C(O)c2ccccn2)CC1. The monoisotopic (exact) mass is 360 g/mol. The van der Waals surface area contributed by atoms with E-state index in [-0.39, 0.29) is 11.9 Å². The number of aromatic nitrogens is 2. The van der Waals surface area contributed by atoms with Gasteiger partial charge in [0, 0.05) is 19.3 Å². The van der Waals surface area contributed by atoms with Crippen molar-refractivity contribution in [1.29, 1.82) is 0 Å². The van der Waals surface area contributed by atoms with Gasteiger partial charge in [-0.3, -0.25) is 4.98 Å². The molecule has 0 bridgehead atoms. The summed E-state index contributed by atoms with van der Waals surface area (Å²) in [7, 11) is 0. The molecule has 2 amide bonds. The average molecular weight is 361 g/mol. The molecule has 0 saturated carbocycles. The van der Waals surface area contributed by atoms with E-state index in [0.29, 0.717) is 35.3 Å². The van der Waals surface area contributed by atoms with Gasteiger partial charge >= 0.3 is 6.03 Å². The molecule has 1 saturated heterocycles. The first-order valence-corrected chi connectivity index (χ1v) is 8.70. The highest BCUT2D eigenvalue weighted by Gasteiger charge is 2.29. The number of nitrogens with zero attached hydrogens (tertiary/aromatic N) is 3. The number of amides is 2. The lowest BCUT2D eigenvalue weighted by Gasteiger charge is -2.34. The molecule has 2 N–H and O–H groups in total. The minimum Gasteiger partial charge on any atom is -0.387 e. The highest BCUT2D eigenvalue weighted by atomic mass is 35.5. The van der Waals surface area contributed by atoms with Crippen LogP contribution in [0.15, 0.2) is 36.5 Å². The summed E-state index contributed by atoms with van der Waals surface area (Å²) in [5, 5.41) is 13.7. The van der Waals surface area contributed by atoms with E-state index in [1.807, 2.05) is 18.2 Å².